The highest BCUT2D eigenvalue weighted by molar-refractivity contribution is 5.88. The lowest BCUT2D eigenvalue weighted by Crippen LogP contribution is -2.40. The third-order valence-corrected chi connectivity index (χ3v) is 7.56. The molecule has 2 aromatic carbocycles. The summed E-state index contributed by atoms with van der Waals surface area (Å²) in [7, 11) is 1.27. The third-order valence-electron chi connectivity index (χ3n) is 7.56. The number of aromatic amines is 2. The van der Waals surface area contributed by atoms with Crippen molar-refractivity contribution in [2.75, 3.05) is 20.2 Å². The van der Waals surface area contributed by atoms with Crippen molar-refractivity contribution in [2.24, 2.45) is 0 Å². The number of rotatable bonds is 5. The van der Waals surface area contributed by atoms with Gasteiger partial charge in [-0.2, -0.15) is 0 Å². The average molecular weight is 527 g/mol. The van der Waals surface area contributed by atoms with Crippen LogP contribution in [0.1, 0.15) is 35.8 Å². The van der Waals surface area contributed by atoms with Crippen LogP contribution in [0.15, 0.2) is 43.0 Å². The Morgan fingerprint density at radius 2 is 1.77 bits per heavy atom. The zero-order valence-electron chi connectivity index (χ0n) is 21.2. The summed E-state index contributed by atoms with van der Waals surface area (Å²) < 4.78 is 17.0. The van der Waals surface area contributed by atoms with E-state index in [1.807, 2.05) is 6.07 Å². The number of hydrogen-bond donors (Lipinski definition) is 3. The second-order valence-electron chi connectivity index (χ2n) is 9.83. The molecule has 1 atom stereocenters. The van der Waals surface area contributed by atoms with E-state index in [4.69, 9.17) is 9.47 Å². The lowest BCUT2D eigenvalue weighted by atomic mass is 9.87. The van der Waals surface area contributed by atoms with Crippen molar-refractivity contribution in [2.45, 2.75) is 32.1 Å². The van der Waals surface area contributed by atoms with Gasteiger partial charge in [0.1, 0.15) is 37.1 Å². The summed E-state index contributed by atoms with van der Waals surface area (Å²) >= 11 is 0. The van der Waals surface area contributed by atoms with Crippen molar-refractivity contribution in [1.29, 1.82) is 0 Å². The van der Waals surface area contributed by atoms with Gasteiger partial charge in [-0.1, -0.05) is 0 Å². The molecule has 3 aliphatic rings. The maximum absolute atomic E-state index is 12.7. The minimum absolute atomic E-state index is 0.116. The molecule has 7 rings (SSSR count). The largest absolute Gasteiger partial charge is 0.488 e. The van der Waals surface area contributed by atoms with Crippen LogP contribution in [0.5, 0.6) is 11.5 Å². The number of methoxy groups -OCH3 is 1. The molecular formula is C28H26N6O5. The molecule has 0 saturated carbocycles. The minimum Gasteiger partial charge on any atom is -0.488 e. The SMILES string of the molecule is COC(=O)NCC(=O)N1CCC[C@H]1c1ncc(-c2cc3c4c(c2)OCc2cc(-c5cnc[nH]5)cc(c2-4)OC3)[nH]1. The van der Waals surface area contributed by atoms with E-state index in [1.54, 1.807) is 23.6 Å². The molecule has 5 heterocycles. The van der Waals surface area contributed by atoms with E-state index >= 15 is 0 Å². The van der Waals surface area contributed by atoms with E-state index in [9.17, 15) is 9.59 Å². The molecule has 0 radical (unpaired) electrons. The van der Waals surface area contributed by atoms with Crippen molar-refractivity contribution < 1.29 is 23.8 Å². The second kappa shape index (κ2) is 9.19. The summed E-state index contributed by atoms with van der Waals surface area (Å²) in [6, 6.07) is 8.14. The highest BCUT2D eigenvalue weighted by atomic mass is 16.5. The first kappa shape index (κ1) is 23.3. The Hall–Kier alpha value is -4.80. The molecule has 0 bridgehead atoms. The van der Waals surface area contributed by atoms with Gasteiger partial charge < -0.3 is 34.4 Å². The van der Waals surface area contributed by atoms with Crippen LogP contribution in [0.25, 0.3) is 33.6 Å². The number of H-pyrrole nitrogens is 2. The highest BCUT2D eigenvalue weighted by Gasteiger charge is 2.33. The number of likely N-dealkylation sites (tertiary alicyclic amines) is 1. The molecule has 0 spiro atoms. The van der Waals surface area contributed by atoms with Crippen LogP contribution in [0.2, 0.25) is 0 Å². The molecule has 1 saturated heterocycles. The van der Waals surface area contributed by atoms with Gasteiger partial charge in [0.2, 0.25) is 5.91 Å². The highest BCUT2D eigenvalue weighted by Crippen LogP contribution is 2.50. The molecule has 1 fully saturated rings. The van der Waals surface area contributed by atoms with Crippen LogP contribution in [0.4, 0.5) is 4.79 Å². The normalized spacial score (nSPS) is 16.7. The Balaban J connectivity index is 1.17. The fraction of sp³-hybridized carbons (Fsp3) is 0.286. The number of carbonyl (C=O) groups is 2. The molecule has 0 unspecified atom stereocenters. The summed E-state index contributed by atoms with van der Waals surface area (Å²) in [5.74, 6) is 2.21. The zero-order chi connectivity index (χ0) is 26.5. The molecular weight excluding hydrogens is 500 g/mol. The van der Waals surface area contributed by atoms with Gasteiger partial charge in [0.15, 0.2) is 0 Å². The smallest absolute Gasteiger partial charge is 0.407 e. The van der Waals surface area contributed by atoms with E-state index in [2.05, 4.69) is 48.2 Å². The summed E-state index contributed by atoms with van der Waals surface area (Å²) in [5, 5.41) is 2.46. The summed E-state index contributed by atoms with van der Waals surface area (Å²) in [6.07, 6.45) is 6.28. The number of benzene rings is 2. The van der Waals surface area contributed by atoms with E-state index in [0.717, 1.165) is 74.9 Å². The van der Waals surface area contributed by atoms with Crippen LogP contribution in [-0.2, 0) is 22.7 Å². The quantitative estimate of drug-likeness (QED) is 0.359. The Morgan fingerprint density at radius 1 is 1.05 bits per heavy atom. The van der Waals surface area contributed by atoms with Crippen LogP contribution in [-0.4, -0.2) is 57.0 Å². The molecule has 3 aliphatic heterocycles. The molecule has 39 heavy (non-hydrogen) atoms. The summed E-state index contributed by atoms with van der Waals surface area (Å²) in [5.41, 5.74) is 8.01. The van der Waals surface area contributed by atoms with Gasteiger partial charge in [0.25, 0.3) is 0 Å². The first-order valence-corrected chi connectivity index (χ1v) is 12.8. The standard InChI is InChI=1S/C28H26N6O5/c1-37-28(36)31-11-24(35)34-4-2-3-21(34)27-30-10-20(33-27)16-6-18-13-38-22-7-15(19-9-29-14-32-19)5-17-12-39-23(8-16)26(18)25(17)22/h5-10,14,21H,2-4,11-13H2,1H3,(H,29,32)(H,30,33)(H,31,36)/t21-/m0/s1. The molecule has 11 nitrogen and oxygen atoms in total. The first-order valence-electron chi connectivity index (χ1n) is 12.8. The molecule has 198 valence electrons. The number of hydrogen-bond acceptors (Lipinski definition) is 7. The lowest BCUT2D eigenvalue weighted by Gasteiger charge is -2.30. The van der Waals surface area contributed by atoms with Gasteiger partial charge in [-0.05, 0) is 37.1 Å². The van der Waals surface area contributed by atoms with Gasteiger partial charge in [0.05, 0.1) is 43.3 Å². The maximum atomic E-state index is 12.7. The fourth-order valence-corrected chi connectivity index (χ4v) is 5.73. The third kappa shape index (κ3) is 3.97. The molecule has 0 aliphatic carbocycles. The Labute approximate surface area is 223 Å². The zero-order valence-corrected chi connectivity index (χ0v) is 21.2. The average Bonchev–Trinajstić information content (AvgIpc) is 3.75. The van der Waals surface area contributed by atoms with Crippen LogP contribution < -0.4 is 14.8 Å². The molecule has 2 aromatic heterocycles. The van der Waals surface area contributed by atoms with Crippen molar-refractivity contribution in [1.82, 2.24) is 30.2 Å². The molecule has 4 aromatic rings. The fourth-order valence-electron chi connectivity index (χ4n) is 5.73. The summed E-state index contributed by atoms with van der Waals surface area (Å²) in [4.78, 5) is 41.2. The van der Waals surface area contributed by atoms with E-state index < -0.39 is 6.09 Å². The number of alkyl carbamates (subject to hydrolysis) is 1. The van der Waals surface area contributed by atoms with Crippen LogP contribution in [0.3, 0.4) is 0 Å². The number of nitrogens with zero attached hydrogens (tertiary/aromatic N) is 3. The van der Waals surface area contributed by atoms with Gasteiger partial charge in [-0.3, -0.25) is 4.79 Å². The number of imidazole rings is 2. The maximum Gasteiger partial charge on any atom is 0.407 e. The Bertz CT molecular complexity index is 1540. The number of carbonyl (C=O) groups excluding carboxylic acids is 2. The number of aromatic nitrogens is 4. The van der Waals surface area contributed by atoms with Gasteiger partial charge >= 0.3 is 6.09 Å². The lowest BCUT2D eigenvalue weighted by molar-refractivity contribution is -0.131. The topological polar surface area (TPSA) is 134 Å². The van der Waals surface area contributed by atoms with Crippen molar-refractivity contribution in [3.63, 3.8) is 0 Å². The van der Waals surface area contributed by atoms with E-state index in [-0.39, 0.29) is 18.5 Å². The molecule has 11 heteroatoms. The summed E-state index contributed by atoms with van der Waals surface area (Å²) in [6.45, 7) is 1.36. The monoisotopic (exact) mass is 526 g/mol. The van der Waals surface area contributed by atoms with Crippen molar-refractivity contribution in [3.05, 3.63) is 59.9 Å². The van der Waals surface area contributed by atoms with Crippen molar-refractivity contribution in [3.8, 4) is 45.1 Å². The number of nitrogens with one attached hydrogen (secondary N) is 3. The van der Waals surface area contributed by atoms with E-state index in [1.165, 1.54) is 7.11 Å². The van der Waals surface area contributed by atoms with Gasteiger partial charge in [-0.25, -0.2) is 14.8 Å². The predicted octanol–water partition coefficient (Wildman–Crippen LogP) is 3.94. The second-order valence-corrected chi connectivity index (χ2v) is 9.83. The minimum atomic E-state index is -0.630. The Kier molecular flexibility index (Phi) is 5.50. The molecule has 3 N–H and O–H groups in total. The van der Waals surface area contributed by atoms with Crippen LogP contribution >= 0.6 is 0 Å². The van der Waals surface area contributed by atoms with Crippen LogP contribution in [0, 0.1) is 0 Å². The van der Waals surface area contributed by atoms with Gasteiger partial charge in [0, 0.05) is 39.9 Å². The van der Waals surface area contributed by atoms with E-state index in [0.29, 0.717) is 19.8 Å². The van der Waals surface area contributed by atoms with Gasteiger partial charge in [-0.15, -0.1) is 0 Å². The number of ether oxygens (including phenoxy) is 3. The number of amides is 2. The predicted molar refractivity (Wildman–Crippen MR) is 140 cm³/mol. The molecule has 2 amide bonds. The Morgan fingerprint density at radius 3 is 2.44 bits per heavy atom. The van der Waals surface area contributed by atoms with Crippen molar-refractivity contribution >= 4 is 12.0 Å². The first-order chi connectivity index (χ1) is 19.1.